The molecule has 0 N–H and O–H groups in total. The second-order valence-electron chi connectivity index (χ2n) is 1.60. The minimum Gasteiger partial charge on any atom is -0.296 e. The molecule has 0 atom stereocenters. The van der Waals surface area contributed by atoms with Crippen molar-refractivity contribution in [3.8, 4) is 0 Å². The maximum atomic E-state index is 10.1. The molecule has 0 fully saturated rings. The number of nitrogens with zero attached hydrogens (tertiary/aromatic N) is 2. The van der Waals surface area contributed by atoms with Gasteiger partial charge in [0.15, 0.2) is 12.6 Å². The van der Waals surface area contributed by atoms with Crippen LogP contribution >= 0.6 is 0 Å². The molecule has 0 bridgehead atoms. The van der Waals surface area contributed by atoms with Crippen molar-refractivity contribution in [3.63, 3.8) is 0 Å². The Morgan fingerprint density at radius 2 is 1.60 bits per heavy atom. The molecule has 0 saturated heterocycles. The van der Waals surface area contributed by atoms with Gasteiger partial charge in [0.25, 0.3) is 0 Å². The Balaban J connectivity index is 3.09. The van der Waals surface area contributed by atoms with Gasteiger partial charge in [-0.15, -0.1) is 0 Å². The van der Waals surface area contributed by atoms with E-state index in [0.29, 0.717) is 12.6 Å². The molecule has 50 valence electrons. The Labute approximate surface area is 56.9 Å². The van der Waals surface area contributed by atoms with Gasteiger partial charge in [-0.25, -0.2) is 4.98 Å². The molecule has 0 aliphatic rings. The minimum absolute atomic E-state index is 0.171. The molecule has 0 radical (unpaired) electrons. The van der Waals surface area contributed by atoms with Crippen LogP contribution in [0, 0.1) is 0 Å². The van der Waals surface area contributed by atoms with Crippen molar-refractivity contribution >= 4 is 12.6 Å². The van der Waals surface area contributed by atoms with Crippen LogP contribution in [-0.4, -0.2) is 22.5 Å². The Bertz CT molecular complexity index is 236. The van der Waals surface area contributed by atoms with Crippen LogP contribution in [0.1, 0.15) is 21.0 Å². The summed E-state index contributed by atoms with van der Waals surface area (Å²) in [5, 5.41) is 0. The standard InChI is InChI=1S/C6H4N2O2/c9-3-5-1-7-2-6(4-10)8-5/h1-4H. The summed E-state index contributed by atoms with van der Waals surface area (Å²) >= 11 is 0. The molecule has 4 nitrogen and oxygen atoms in total. The van der Waals surface area contributed by atoms with E-state index in [4.69, 9.17) is 0 Å². The lowest BCUT2D eigenvalue weighted by Gasteiger charge is -1.87. The lowest BCUT2D eigenvalue weighted by atomic mass is 10.4. The zero-order chi connectivity index (χ0) is 7.40. The number of carbonyl (C=O) groups excluding carboxylic acids is 2. The first kappa shape index (κ1) is 6.54. The van der Waals surface area contributed by atoms with E-state index in [1.165, 1.54) is 12.4 Å². The van der Waals surface area contributed by atoms with Crippen molar-refractivity contribution in [2.75, 3.05) is 0 Å². The predicted molar refractivity (Wildman–Crippen MR) is 32.8 cm³/mol. The lowest BCUT2D eigenvalue weighted by Crippen LogP contribution is -1.93. The van der Waals surface area contributed by atoms with E-state index in [0.717, 1.165) is 0 Å². The molecule has 0 amide bonds. The zero-order valence-corrected chi connectivity index (χ0v) is 5.02. The second kappa shape index (κ2) is 2.82. The zero-order valence-electron chi connectivity index (χ0n) is 5.02. The second-order valence-corrected chi connectivity index (χ2v) is 1.60. The molecule has 0 aliphatic carbocycles. The smallest absolute Gasteiger partial charge is 0.170 e. The van der Waals surface area contributed by atoms with Crippen molar-refractivity contribution in [1.29, 1.82) is 0 Å². The molecule has 0 unspecified atom stereocenters. The SMILES string of the molecule is O=Cc1cncc(C=O)n1. The molecule has 1 aromatic rings. The molecule has 1 rings (SSSR count). The fourth-order valence-corrected chi connectivity index (χ4v) is 0.510. The number of aldehydes is 2. The third-order valence-electron chi connectivity index (χ3n) is 0.913. The monoisotopic (exact) mass is 136 g/mol. The highest BCUT2D eigenvalue weighted by Gasteiger charge is 1.93. The first-order chi connectivity index (χ1) is 4.86. The maximum Gasteiger partial charge on any atom is 0.170 e. The fraction of sp³-hybridized carbons (Fsp3) is 0. The van der Waals surface area contributed by atoms with Crippen LogP contribution in [0.2, 0.25) is 0 Å². The largest absolute Gasteiger partial charge is 0.296 e. The highest BCUT2D eigenvalue weighted by Crippen LogP contribution is 1.88. The van der Waals surface area contributed by atoms with Crippen molar-refractivity contribution in [2.24, 2.45) is 0 Å². The molecule has 10 heavy (non-hydrogen) atoms. The van der Waals surface area contributed by atoms with Crippen LogP contribution in [0.3, 0.4) is 0 Å². The van der Waals surface area contributed by atoms with Gasteiger partial charge in [-0.3, -0.25) is 14.6 Å². The van der Waals surface area contributed by atoms with E-state index in [1.54, 1.807) is 0 Å². The number of hydrogen-bond donors (Lipinski definition) is 0. The summed E-state index contributed by atoms with van der Waals surface area (Å²) in [4.78, 5) is 27.3. The Kier molecular flexibility index (Phi) is 1.84. The maximum absolute atomic E-state index is 10.1. The summed E-state index contributed by atoms with van der Waals surface area (Å²) in [5.41, 5.74) is 0.342. The van der Waals surface area contributed by atoms with Crippen molar-refractivity contribution < 1.29 is 9.59 Å². The van der Waals surface area contributed by atoms with Gasteiger partial charge in [0.05, 0.1) is 12.4 Å². The van der Waals surface area contributed by atoms with Gasteiger partial charge in [-0.1, -0.05) is 0 Å². The fourth-order valence-electron chi connectivity index (χ4n) is 0.510. The quantitative estimate of drug-likeness (QED) is 0.541. The van der Waals surface area contributed by atoms with Gasteiger partial charge < -0.3 is 0 Å². The van der Waals surface area contributed by atoms with Crippen LogP contribution in [0.5, 0.6) is 0 Å². The summed E-state index contributed by atoms with van der Waals surface area (Å²) in [6, 6.07) is 0. The lowest BCUT2D eigenvalue weighted by molar-refractivity contribution is 0.111. The molecule has 1 heterocycles. The average molecular weight is 136 g/mol. The van der Waals surface area contributed by atoms with E-state index in [1.807, 2.05) is 0 Å². The van der Waals surface area contributed by atoms with E-state index >= 15 is 0 Å². The summed E-state index contributed by atoms with van der Waals surface area (Å²) in [5.74, 6) is 0. The summed E-state index contributed by atoms with van der Waals surface area (Å²) < 4.78 is 0. The molecular formula is C6H4N2O2. The van der Waals surface area contributed by atoms with Gasteiger partial charge in [-0.05, 0) is 0 Å². The highest BCUT2D eigenvalue weighted by molar-refractivity contribution is 5.75. The van der Waals surface area contributed by atoms with Crippen LogP contribution in [-0.2, 0) is 0 Å². The molecule has 0 spiro atoms. The van der Waals surface area contributed by atoms with Crippen molar-refractivity contribution in [1.82, 2.24) is 9.97 Å². The van der Waals surface area contributed by atoms with Crippen LogP contribution in [0.4, 0.5) is 0 Å². The molecule has 0 aliphatic heterocycles. The first-order valence-corrected chi connectivity index (χ1v) is 2.59. The van der Waals surface area contributed by atoms with Crippen molar-refractivity contribution in [2.45, 2.75) is 0 Å². The van der Waals surface area contributed by atoms with Crippen LogP contribution in [0.15, 0.2) is 12.4 Å². The van der Waals surface area contributed by atoms with E-state index < -0.39 is 0 Å². The number of carbonyl (C=O) groups is 2. The van der Waals surface area contributed by atoms with Gasteiger partial charge in [-0.2, -0.15) is 0 Å². The third-order valence-corrected chi connectivity index (χ3v) is 0.913. The van der Waals surface area contributed by atoms with Gasteiger partial charge >= 0.3 is 0 Å². The topological polar surface area (TPSA) is 59.9 Å². The number of rotatable bonds is 2. The van der Waals surface area contributed by atoms with Gasteiger partial charge in [0, 0.05) is 0 Å². The third kappa shape index (κ3) is 1.22. The van der Waals surface area contributed by atoms with Crippen LogP contribution in [0.25, 0.3) is 0 Å². The predicted octanol–water partition coefficient (Wildman–Crippen LogP) is 0.102. The number of hydrogen-bond acceptors (Lipinski definition) is 4. The summed E-state index contributed by atoms with van der Waals surface area (Å²) in [6.07, 6.45) is 3.67. The molecule has 1 aromatic heterocycles. The summed E-state index contributed by atoms with van der Waals surface area (Å²) in [7, 11) is 0. The summed E-state index contributed by atoms with van der Waals surface area (Å²) in [6.45, 7) is 0. The average Bonchev–Trinajstić information content (AvgIpc) is 2.05. The van der Waals surface area contributed by atoms with E-state index in [9.17, 15) is 9.59 Å². The Morgan fingerprint density at radius 3 is 2.00 bits per heavy atom. The van der Waals surface area contributed by atoms with Crippen molar-refractivity contribution in [3.05, 3.63) is 23.8 Å². The molecular weight excluding hydrogens is 132 g/mol. The first-order valence-electron chi connectivity index (χ1n) is 2.59. The highest BCUT2D eigenvalue weighted by atomic mass is 16.1. The normalized spacial score (nSPS) is 8.80. The molecule has 0 aromatic carbocycles. The van der Waals surface area contributed by atoms with E-state index in [-0.39, 0.29) is 11.4 Å². The van der Waals surface area contributed by atoms with Crippen LogP contribution < -0.4 is 0 Å². The minimum atomic E-state index is 0.171. The van der Waals surface area contributed by atoms with Gasteiger partial charge in [0.2, 0.25) is 0 Å². The number of aromatic nitrogens is 2. The molecule has 4 heteroatoms. The Morgan fingerprint density at radius 1 is 1.10 bits per heavy atom. The Hall–Kier alpha value is -1.58. The van der Waals surface area contributed by atoms with Gasteiger partial charge in [0.1, 0.15) is 11.4 Å². The molecule has 0 saturated carbocycles. The van der Waals surface area contributed by atoms with E-state index in [2.05, 4.69) is 9.97 Å².